The highest BCUT2D eigenvalue weighted by atomic mass is 35.5. The summed E-state index contributed by atoms with van der Waals surface area (Å²) in [5.41, 5.74) is 6.28. The zero-order chi connectivity index (χ0) is 10.7. The fraction of sp³-hybridized carbons (Fsp3) is 0. The lowest BCUT2D eigenvalue weighted by Gasteiger charge is -1.99. The minimum atomic E-state index is 0. The third-order valence-electron chi connectivity index (χ3n) is 1.90. The van der Waals surface area contributed by atoms with Crippen LogP contribution in [-0.4, -0.2) is 10.9 Å². The molecule has 1 aromatic carbocycles. The molecule has 1 aromatic heterocycles. The van der Waals surface area contributed by atoms with Crippen LogP contribution in [-0.2, 0) is 0 Å². The number of hydrogen-bond donors (Lipinski definition) is 2. The number of benzene rings is 1. The Labute approximate surface area is 104 Å². The first-order chi connectivity index (χ1) is 7.27. The van der Waals surface area contributed by atoms with Crippen LogP contribution in [0.4, 0.5) is 5.69 Å². The van der Waals surface area contributed by atoms with Crippen molar-refractivity contribution in [2.24, 2.45) is 10.7 Å². The van der Waals surface area contributed by atoms with E-state index in [1.807, 2.05) is 17.5 Å². The number of hydrogen-bond acceptors (Lipinski definition) is 3. The molecule has 2 rings (SSSR count). The Morgan fingerprint density at radius 1 is 1.19 bits per heavy atom. The van der Waals surface area contributed by atoms with Crippen molar-refractivity contribution in [3.63, 3.8) is 0 Å². The summed E-state index contributed by atoms with van der Waals surface area (Å²) in [5.74, 6) is 0.559. The van der Waals surface area contributed by atoms with Crippen LogP contribution in [0, 0.1) is 0 Å². The molecule has 0 saturated heterocycles. The number of thiophene rings is 1. The molecule has 3 nitrogen and oxygen atoms in total. The van der Waals surface area contributed by atoms with E-state index in [4.69, 9.17) is 5.73 Å². The first-order valence-corrected chi connectivity index (χ1v) is 5.31. The molecule has 0 saturated carbocycles. The molecular weight excluding hydrogens is 244 g/mol. The Kier molecular flexibility index (Phi) is 4.34. The van der Waals surface area contributed by atoms with Crippen LogP contribution in [0.15, 0.2) is 46.8 Å². The third-order valence-corrected chi connectivity index (χ3v) is 2.79. The third kappa shape index (κ3) is 2.74. The van der Waals surface area contributed by atoms with Crippen molar-refractivity contribution >= 4 is 35.3 Å². The number of amidine groups is 1. The van der Waals surface area contributed by atoms with E-state index in [1.165, 1.54) is 11.3 Å². The Morgan fingerprint density at radius 2 is 1.94 bits per heavy atom. The number of phenols is 1. The van der Waals surface area contributed by atoms with E-state index in [0.717, 1.165) is 4.88 Å². The lowest BCUT2D eigenvalue weighted by atomic mass is 10.3. The number of rotatable bonds is 2. The average molecular weight is 255 g/mol. The molecule has 0 fully saturated rings. The van der Waals surface area contributed by atoms with Crippen LogP contribution in [0.1, 0.15) is 4.88 Å². The normalized spacial score (nSPS) is 10.9. The van der Waals surface area contributed by atoms with Crippen LogP contribution in [0.3, 0.4) is 0 Å². The molecule has 16 heavy (non-hydrogen) atoms. The summed E-state index contributed by atoms with van der Waals surface area (Å²) < 4.78 is 0. The maximum Gasteiger partial charge on any atom is 0.141 e. The second-order valence-electron chi connectivity index (χ2n) is 2.96. The molecule has 0 radical (unpaired) electrons. The molecule has 0 atom stereocenters. The van der Waals surface area contributed by atoms with Crippen molar-refractivity contribution in [2.45, 2.75) is 0 Å². The molecule has 0 aliphatic carbocycles. The molecule has 0 spiro atoms. The lowest BCUT2D eigenvalue weighted by molar-refractivity contribution is 0.477. The van der Waals surface area contributed by atoms with Gasteiger partial charge < -0.3 is 10.8 Å². The van der Waals surface area contributed by atoms with Gasteiger partial charge in [0.15, 0.2) is 0 Å². The van der Waals surface area contributed by atoms with E-state index in [-0.39, 0.29) is 18.2 Å². The van der Waals surface area contributed by atoms with Gasteiger partial charge in [0, 0.05) is 0 Å². The molecule has 0 amide bonds. The van der Waals surface area contributed by atoms with Gasteiger partial charge in [-0.2, -0.15) is 0 Å². The SMILES string of the molecule is Cl.NC(=Nc1ccccc1O)c1cccs1. The summed E-state index contributed by atoms with van der Waals surface area (Å²) in [7, 11) is 0. The number of para-hydroxylation sites is 2. The van der Waals surface area contributed by atoms with Crippen molar-refractivity contribution in [1.82, 2.24) is 0 Å². The first-order valence-electron chi connectivity index (χ1n) is 4.43. The van der Waals surface area contributed by atoms with Crippen LogP contribution < -0.4 is 5.73 Å². The predicted octanol–water partition coefficient (Wildman–Crippen LogP) is 2.91. The van der Waals surface area contributed by atoms with E-state index >= 15 is 0 Å². The number of phenolic OH excluding ortho intramolecular Hbond substituents is 1. The fourth-order valence-electron chi connectivity index (χ4n) is 1.17. The minimum absolute atomic E-state index is 0. The summed E-state index contributed by atoms with van der Waals surface area (Å²) >= 11 is 1.52. The fourth-order valence-corrected chi connectivity index (χ4v) is 1.80. The topological polar surface area (TPSA) is 58.6 Å². The van der Waals surface area contributed by atoms with Gasteiger partial charge in [0.25, 0.3) is 0 Å². The Morgan fingerprint density at radius 3 is 2.56 bits per heavy atom. The number of aliphatic imine (C=N–C) groups is 1. The van der Waals surface area contributed by atoms with Gasteiger partial charge >= 0.3 is 0 Å². The monoisotopic (exact) mass is 254 g/mol. The van der Waals surface area contributed by atoms with E-state index in [2.05, 4.69) is 4.99 Å². The molecule has 0 bridgehead atoms. The Balaban J connectivity index is 0.00000128. The molecule has 2 aromatic rings. The molecule has 0 unspecified atom stereocenters. The quantitative estimate of drug-likeness (QED) is 0.640. The highest BCUT2D eigenvalue weighted by Crippen LogP contribution is 2.25. The van der Waals surface area contributed by atoms with Gasteiger partial charge in [-0.15, -0.1) is 23.7 Å². The molecule has 3 N–H and O–H groups in total. The van der Waals surface area contributed by atoms with Crippen LogP contribution in [0.25, 0.3) is 0 Å². The molecule has 84 valence electrons. The summed E-state index contributed by atoms with van der Waals surface area (Å²) in [6.45, 7) is 0. The van der Waals surface area contributed by atoms with Crippen molar-refractivity contribution in [1.29, 1.82) is 0 Å². The van der Waals surface area contributed by atoms with E-state index in [0.29, 0.717) is 11.5 Å². The van der Waals surface area contributed by atoms with Gasteiger partial charge in [-0.25, -0.2) is 4.99 Å². The predicted molar refractivity (Wildman–Crippen MR) is 70.1 cm³/mol. The van der Waals surface area contributed by atoms with Gasteiger partial charge in [-0.3, -0.25) is 0 Å². The van der Waals surface area contributed by atoms with Crippen LogP contribution in [0.5, 0.6) is 5.75 Å². The molecule has 5 heteroatoms. The summed E-state index contributed by atoms with van der Waals surface area (Å²) in [6, 6.07) is 10.7. The smallest absolute Gasteiger partial charge is 0.141 e. The second kappa shape index (κ2) is 5.53. The van der Waals surface area contributed by atoms with Crippen molar-refractivity contribution in [3.8, 4) is 5.75 Å². The largest absolute Gasteiger partial charge is 0.506 e. The summed E-state index contributed by atoms with van der Waals surface area (Å²) in [6.07, 6.45) is 0. The highest BCUT2D eigenvalue weighted by molar-refractivity contribution is 7.12. The van der Waals surface area contributed by atoms with E-state index < -0.39 is 0 Å². The first kappa shape index (κ1) is 12.5. The lowest BCUT2D eigenvalue weighted by Crippen LogP contribution is -2.10. The van der Waals surface area contributed by atoms with Gasteiger partial charge in [0.05, 0.1) is 4.88 Å². The number of aromatic hydroxyl groups is 1. The molecule has 0 aliphatic heterocycles. The molecular formula is C11H11ClN2OS. The van der Waals surface area contributed by atoms with Gasteiger partial charge in [-0.1, -0.05) is 18.2 Å². The van der Waals surface area contributed by atoms with Gasteiger partial charge in [0.1, 0.15) is 17.3 Å². The number of halogens is 1. The second-order valence-corrected chi connectivity index (χ2v) is 3.91. The number of nitrogens with two attached hydrogens (primary N) is 1. The van der Waals surface area contributed by atoms with E-state index in [9.17, 15) is 5.11 Å². The maximum absolute atomic E-state index is 9.50. The Bertz CT molecular complexity index is 482. The summed E-state index contributed by atoms with van der Waals surface area (Å²) in [4.78, 5) is 5.06. The number of nitrogens with zero attached hydrogens (tertiary/aromatic N) is 1. The van der Waals surface area contributed by atoms with E-state index in [1.54, 1.807) is 24.3 Å². The zero-order valence-corrected chi connectivity index (χ0v) is 9.96. The minimum Gasteiger partial charge on any atom is -0.506 e. The highest BCUT2D eigenvalue weighted by Gasteiger charge is 2.01. The van der Waals surface area contributed by atoms with Crippen molar-refractivity contribution in [2.75, 3.05) is 0 Å². The van der Waals surface area contributed by atoms with Gasteiger partial charge in [0.2, 0.25) is 0 Å². The van der Waals surface area contributed by atoms with Gasteiger partial charge in [-0.05, 0) is 23.6 Å². The average Bonchev–Trinajstić information content (AvgIpc) is 2.74. The van der Waals surface area contributed by atoms with Crippen LogP contribution >= 0.6 is 23.7 Å². The van der Waals surface area contributed by atoms with Crippen LogP contribution in [0.2, 0.25) is 0 Å². The summed E-state index contributed by atoms with van der Waals surface area (Å²) in [5, 5.41) is 11.4. The van der Waals surface area contributed by atoms with Crippen molar-refractivity contribution in [3.05, 3.63) is 46.7 Å². The molecule has 0 aliphatic rings. The Hall–Kier alpha value is -1.52. The standard InChI is InChI=1S/C11H10N2OS.ClH/c12-11(10-6-3-7-15-10)13-8-4-1-2-5-9(8)14;/h1-7,14H,(H2,12,13);1H. The zero-order valence-electron chi connectivity index (χ0n) is 8.33. The maximum atomic E-state index is 9.50. The molecule has 1 heterocycles. The van der Waals surface area contributed by atoms with Crippen molar-refractivity contribution < 1.29 is 5.11 Å².